The second kappa shape index (κ2) is 7.11. The van der Waals surface area contributed by atoms with Crippen molar-refractivity contribution in [2.75, 3.05) is 5.32 Å². The molecule has 1 amide bonds. The van der Waals surface area contributed by atoms with E-state index in [9.17, 15) is 14.4 Å². The number of para-hydroxylation sites is 1. The van der Waals surface area contributed by atoms with Gasteiger partial charge in [0.05, 0.1) is 11.3 Å². The molecule has 4 rings (SSSR count). The maximum atomic E-state index is 12.9. The van der Waals surface area contributed by atoms with Crippen LogP contribution in [-0.2, 0) is 4.79 Å². The molecule has 0 fully saturated rings. The number of anilines is 1. The summed E-state index contributed by atoms with van der Waals surface area (Å²) in [6.45, 7) is 6.87. The van der Waals surface area contributed by atoms with Gasteiger partial charge in [-0.1, -0.05) is 18.2 Å². The van der Waals surface area contributed by atoms with E-state index >= 15 is 0 Å². The summed E-state index contributed by atoms with van der Waals surface area (Å²) in [4.78, 5) is 47.9. The molecule has 0 radical (unpaired) electrons. The highest BCUT2D eigenvalue weighted by Crippen LogP contribution is 2.23. The average molecular weight is 404 g/mol. The fraction of sp³-hybridized carbons (Fsp3) is 0.190. The van der Waals surface area contributed by atoms with Gasteiger partial charge in [-0.05, 0) is 33.8 Å². The van der Waals surface area contributed by atoms with Crippen molar-refractivity contribution < 1.29 is 9.59 Å². The summed E-state index contributed by atoms with van der Waals surface area (Å²) in [5.74, 6) is -1.09. The lowest BCUT2D eigenvalue weighted by atomic mass is 10.1. The van der Waals surface area contributed by atoms with E-state index in [1.165, 1.54) is 4.68 Å². The normalized spacial score (nSPS) is 11.1. The number of ketones is 1. The summed E-state index contributed by atoms with van der Waals surface area (Å²) < 4.78 is 1.30. The number of benzene rings is 1. The van der Waals surface area contributed by atoms with Gasteiger partial charge in [0.15, 0.2) is 0 Å². The van der Waals surface area contributed by atoms with Crippen molar-refractivity contribution in [1.29, 1.82) is 0 Å². The van der Waals surface area contributed by atoms with Crippen LogP contribution in [0.3, 0.4) is 0 Å². The van der Waals surface area contributed by atoms with E-state index in [0.717, 1.165) is 5.52 Å². The summed E-state index contributed by atoms with van der Waals surface area (Å²) >= 11 is 0. The number of carbonyl (C=O) groups is 2. The number of rotatable bonds is 4. The van der Waals surface area contributed by atoms with E-state index in [1.54, 1.807) is 39.8 Å². The first-order chi connectivity index (χ1) is 14.3. The molecular formula is C21H20N6O3. The molecule has 1 aromatic carbocycles. The number of amides is 1. The van der Waals surface area contributed by atoms with Crippen LogP contribution in [0.2, 0.25) is 0 Å². The zero-order valence-corrected chi connectivity index (χ0v) is 17.0. The zero-order valence-electron chi connectivity index (χ0n) is 17.0. The number of nitrogens with zero attached hydrogens (tertiary/aromatic N) is 3. The van der Waals surface area contributed by atoms with Gasteiger partial charge in [-0.2, -0.15) is 9.78 Å². The molecule has 3 aromatic heterocycles. The van der Waals surface area contributed by atoms with Gasteiger partial charge in [-0.3, -0.25) is 19.4 Å². The van der Waals surface area contributed by atoms with Crippen LogP contribution >= 0.6 is 0 Å². The summed E-state index contributed by atoms with van der Waals surface area (Å²) in [7, 11) is 0. The van der Waals surface area contributed by atoms with Gasteiger partial charge in [-0.25, -0.2) is 4.98 Å². The smallest absolute Gasteiger partial charge is 0.298 e. The van der Waals surface area contributed by atoms with E-state index < -0.39 is 11.7 Å². The standard InChI is InChI=1S/C21H20N6O3/c1-10-9-16(27(26-10)21-23-12(3)11(2)19(29)25-21)24-20(30)18(28)17-13(4)22-15-8-6-5-7-14(15)17/h5-9,22H,1-4H3,(H,24,30)(H,23,25,29). The molecule has 0 aliphatic rings. The second-order valence-electron chi connectivity index (χ2n) is 7.14. The van der Waals surface area contributed by atoms with Crippen molar-refractivity contribution in [3.8, 4) is 5.95 Å². The molecule has 3 heterocycles. The second-order valence-corrected chi connectivity index (χ2v) is 7.14. The molecule has 9 heteroatoms. The van der Waals surface area contributed by atoms with E-state index in [1.807, 2.05) is 18.2 Å². The Morgan fingerprint density at radius 1 is 1.07 bits per heavy atom. The first-order valence-corrected chi connectivity index (χ1v) is 9.34. The number of nitrogens with one attached hydrogen (secondary N) is 3. The van der Waals surface area contributed by atoms with Crippen molar-refractivity contribution in [1.82, 2.24) is 24.7 Å². The lowest BCUT2D eigenvalue weighted by molar-refractivity contribution is -0.112. The van der Waals surface area contributed by atoms with Gasteiger partial charge < -0.3 is 10.3 Å². The van der Waals surface area contributed by atoms with Crippen molar-refractivity contribution >= 4 is 28.4 Å². The van der Waals surface area contributed by atoms with Gasteiger partial charge in [0.1, 0.15) is 5.82 Å². The number of aryl methyl sites for hydroxylation is 3. The Bertz CT molecular complexity index is 1380. The molecule has 0 spiro atoms. The van der Waals surface area contributed by atoms with E-state index in [2.05, 4.69) is 25.4 Å². The van der Waals surface area contributed by atoms with Gasteiger partial charge in [0.2, 0.25) is 5.95 Å². The van der Waals surface area contributed by atoms with Crippen LogP contribution in [0.15, 0.2) is 35.1 Å². The predicted octanol–water partition coefficient (Wildman–Crippen LogP) is 2.49. The van der Waals surface area contributed by atoms with Crippen LogP contribution in [-0.4, -0.2) is 36.4 Å². The Morgan fingerprint density at radius 2 is 1.80 bits per heavy atom. The van der Waals surface area contributed by atoms with Crippen LogP contribution in [0.4, 0.5) is 5.82 Å². The SMILES string of the molecule is Cc1cc(NC(=O)C(=O)c2c(C)[nH]c3ccccc23)n(-c2nc(C)c(C)c(=O)[nH]2)n1. The van der Waals surface area contributed by atoms with Crippen LogP contribution in [0, 0.1) is 27.7 Å². The highest BCUT2D eigenvalue weighted by molar-refractivity contribution is 6.48. The first-order valence-electron chi connectivity index (χ1n) is 9.34. The van der Waals surface area contributed by atoms with Crippen molar-refractivity contribution in [3.05, 3.63) is 68.9 Å². The first kappa shape index (κ1) is 19.3. The molecule has 0 aliphatic carbocycles. The number of aromatic amines is 2. The molecule has 9 nitrogen and oxygen atoms in total. The Hall–Kier alpha value is -4.01. The molecule has 0 saturated heterocycles. The summed E-state index contributed by atoms with van der Waals surface area (Å²) in [6.07, 6.45) is 0. The molecule has 3 N–H and O–H groups in total. The molecule has 152 valence electrons. The zero-order chi connectivity index (χ0) is 21.6. The fourth-order valence-electron chi connectivity index (χ4n) is 3.34. The topological polar surface area (TPSA) is 126 Å². The molecule has 0 aliphatic heterocycles. The van der Waals surface area contributed by atoms with Crippen LogP contribution in [0.5, 0.6) is 0 Å². The van der Waals surface area contributed by atoms with E-state index in [4.69, 9.17) is 0 Å². The molecule has 4 aromatic rings. The summed E-state index contributed by atoms with van der Waals surface area (Å²) in [6, 6.07) is 8.90. The molecule has 0 saturated carbocycles. The Morgan fingerprint density at radius 3 is 2.53 bits per heavy atom. The number of carbonyl (C=O) groups excluding carboxylic acids is 2. The number of hydrogen-bond donors (Lipinski definition) is 3. The molecular weight excluding hydrogens is 384 g/mol. The van der Waals surface area contributed by atoms with Crippen molar-refractivity contribution in [3.63, 3.8) is 0 Å². The largest absolute Gasteiger partial charge is 0.358 e. The van der Waals surface area contributed by atoms with E-state index in [0.29, 0.717) is 33.6 Å². The lowest BCUT2D eigenvalue weighted by Crippen LogP contribution is -2.26. The van der Waals surface area contributed by atoms with Crippen molar-refractivity contribution in [2.45, 2.75) is 27.7 Å². The highest BCUT2D eigenvalue weighted by Gasteiger charge is 2.24. The number of aromatic nitrogens is 5. The number of fused-ring (bicyclic) bond motifs is 1. The maximum absolute atomic E-state index is 12.9. The predicted molar refractivity (Wildman–Crippen MR) is 112 cm³/mol. The van der Waals surface area contributed by atoms with Gasteiger partial charge in [0, 0.05) is 33.9 Å². The molecule has 30 heavy (non-hydrogen) atoms. The van der Waals surface area contributed by atoms with Gasteiger partial charge in [0.25, 0.3) is 17.2 Å². The number of Topliss-reactive ketones (excluding diaryl/α,β-unsaturated/α-hetero) is 1. The lowest BCUT2D eigenvalue weighted by Gasteiger charge is -2.09. The monoisotopic (exact) mass is 404 g/mol. The molecule has 0 bridgehead atoms. The van der Waals surface area contributed by atoms with Crippen molar-refractivity contribution in [2.24, 2.45) is 0 Å². The van der Waals surface area contributed by atoms with Crippen LogP contribution in [0.1, 0.15) is 33.0 Å². The summed E-state index contributed by atoms with van der Waals surface area (Å²) in [5, 5.41) is 7.57. The van der Waals surface area contributed by atoms with Crippen LogP contribution < -0.4 is 10.9 Å². The minimum atomic E-state index is -0.810. The quantitative estimate of drug-likeness (QED) is 0.356. The Labute approximate surface area is 171 Å². The molecule has 0 unspecified atom stereocenters. The molecule has 0 atom stereocenters. The number of H-pyrrole nitrogens is 2. The number of hydrogen-bond acceptors (Lipinski definition) is 5. The third-order valence-electron chi connectivity index (χ3n) is 4.98. The highest BCUT2D eigenvalue weighted by atomic mass is 16.2. The minimum Gasteiger partial charge on any atom is -0.358 e. The van der Waals surface area contributed by atoms with Gasteiger partial charge >= 0.3 is 0 Å². The summed E-state index contributed by atoms with van der Waals surface area (Å²) in [5.41, 5.74) is 3.05. The third-order valence-corrected chi connectivity index (χ3v) is 4.98. The van der Waals surface area contributed by atoms with Gasteiger partial charge in [-0.15, -0.1) is 0 Å². The third kappa shape index (κ3) is 3.20. The van der Waals surface area contributed by atoms with E-state index in [-0.39, 0.29) is 17.3 Å². The average Bonchev–Trinajstić information content (AvgIpc) is 3.23. The minimum absolute atomic E-state index is 0.155. The fourth-order valence-corrected chi connectivity index (χ4v) is 3.34. The Balaban J connectivity index is 1.70. The van der Waals surface area contributed by atoms with Crippen LogP contribution in [0.25, 0.3) is 16.9 Å². The maximum Gasteiger partial charge on any atom is 0.298 e. The Kier molecular flexibility index (Phi) is 4.57.